The Morgan fingerprint density at radius 3 is 2.71 bits per heavy atom. The first-order valence-corrected chi connectivity index (χ1v) is 10.6. The first-order valence-electron chi connectivity index (χ1n) is 9.83. The van der Waals surface area contributed by atoms with Crippen molar-refractivity contribution < 1.29 is 28.4 Å². The van der Waals surface area contributed by atoms with Gasteiger partial charge in [0.05, 0.1) is 21.7 Å². The molecule has 2 N–H and O–H groups in total. The standard InChI is InChI=1S/C20H21BCl2F2N2O4/c1-21(29)27-6-5-26-8-11-7-15(31-20(24)25)17(16-13(22)3-2-4-14(16)28)18(23)19(11)30-10-12(26)9-27/h2-4,7,12,20,28-29H,5-6,8-10H2,1H3/t12-/m1/s1. The molecular weight excluding hydrogens is 452 g/mol. The Labute approximate surface area is 189 Å². The van der Waals surface area contributed by atoms with Gasteiger partial charge in [0.15, 0.2) is 0 Å². The zero-order valence-corrected chi connectivity index (χ0v) is 18.2. The highest BCUT2D eigenvalue weighted by Crippen LogP contribution is 2.50. The van der Waals surface area contributed by atoms with Crippen LogP contribution < -0.4 is 9.47 Å². The van der Waals surface area contributed by atoms with Gasteiger partial charge >= 0.3 is 13.7 Å². The fraction of sp³-hybridized carbons (Fsp3) is 0.400. The molecule has 0 bridgehead atoms. The molecule has 1 saturated heterocycles. The number of halogens is 4. The number of rotatable bonds is 4. The molecule has 2 aliphatic heterocycles. The van der Waals surface area contributed by atoms with Gasteiger partial charge in [0.1, 0.15) is 23.9 Å². The first kappa shape index (κ1) is 22.4. The molecule has 0 aromatic heterocycles. The Morgan fingerprint density at radius 1 is 1.26 bits per heavy atom. The van der Waals surface area contributed by atoms with E-state index in [1.807, 2.05) is 4.81 Å². The maximum Gasteiger partial charge on any atom is 0.387 e. The number of ether oxygens (including phenoxy) is 2. The SMILES string of the molecule is CB(O)N1CCN2Cc3cc(OC(F)F)c(-c4c(O)cccc4Cl)c(Cl)c3OC[C@H]2C1. The summed E-state index contributed by atoms with van der Waals surface area (Å²) < 4.78 is 37.2. The van der Waals surface area contributed by atoms with Gasteiger partial charge < -0.3 is 24.4 Å². The van der Waals surface area contributed by atoms with Crippen molar-refractivity contribution in [2.45, 2.75) is 26.0 Å². The number of hydrogen-bond donors (Lipinski definition) is 2. The van der Waals surface area contributed by atoms with E-state index in [2.05, 4.69) is 4.90 Å². The number of phenolic OH excluding ortho intramolecular Hbond substituents is 1. The smallest absolute Gasteiger partial charge is 0.387 e. The molecule has 31 heavy (non-hydrogen) atoms. The molecule has 0 unspecified atom stereocenters. The van der Waals surface area contributed by atoms with E-state index in [-0.39, 0.29) is 38.7 Å². The van der Waals surface area contributed by atoms with E-state index in [4.69, 9.17) is 32.7 Å². The molecule has 0 aliphatic carbocycles. The highest BCUT2D eigenvalue weighted by molar-refractivity contribution is 6.45. The molecule has 0 amide bonds. The fourth-order valence-corrected chi connectivity index (χ4v) is 4.76. The first-order chi connectivity index (χ1) is 14.8. The van der Waals surface area contributed by atoms with Crippen molar-refractivity contribution in [1.82, 2.24) is 9.71 Å². The summed E-state index contributed by atoms with van der Waals surface area (Å²) >= 11 is 12.9. The molecule has 2 heterocycles. The van der Waals surface area contributed by atoms with Crippen LogP contribution in [0.15, 0.2) is 24.3 Å². The number of phenols is 1. The third-order valence-electron chi connectivity index (χ3n) is 5.68. The van der Waals surface area contributed by atoms with E-state index >= 15 is 0 Å². The lowest BCUT2D eigenvalue weighted by Gasteiger charge is -2.40. The lowest BCUT2D eigenvalue weighted by molar-refractivity contribution is -0.0495. The van der Waals surface area contributed by atoms with Gasteiger partial charge in [-0.05, 0) is 25.0 Å². The van der Waals surface area contributed by atoms with Gasteiger partial charge in [-0.2, -0.15) is 8.78 Å². The molecule has 0 radical (unpaired) electrons. The average Bonchev–Trinajstić information content (AvgIpc) is 2.88. The van der Waals surface area contributed by atoms with Gasteiger partial charge in [-0.3, -0.25) is 4.90 Å². The number of piperazine rings is 1. The van der Waals surface area contributed by atoms with Crippen molar-refractivity contribution in [1.29, 1.82) is 0 Å². The predicted octanol–water partition coefficient (Wildman–Crippen LogP) is 3.96. The quantitative estimate of drug-likeness (QED) is 0.656. The van der Waals surface area contributed by atoms with Gasteiger partial charge in [0, 0.05) is 37.3 Å². The minimum Gasteiger partial charge on any atom is -0.507 e. The van der Waals surface area contributed by atoms with Crippen LogP contribution in [-0.2, 0) is 6.54 Å². The molecule has 1 atom stereocenters. The van der Waals surface area contributed by atoms with Crippen LogP contribution in [0.2, 0.25) is 16.9 Å². The summed E-state index contributed by atoms with van der Waals surface area (Å²) in [5.41, 5.74) is 0.747. The van der Waals surface area contributed by atoms with E-state index < -0.39 is 13.7 Å². The van der Waals surface area contributed by atoms with Crippen molar-refractivity contribution in [3.8, 4) is 28.4 Å². The van der Waals surface area contributed by atoms with Crippen molar-refractivity contribution in [2.24, 2.45) is 0 Å². The largest absolute Gasteiger partial charge is 0.507 e. The highest BCUT2D eigenvalue weighted by atomic mass is 35.5. The fourth-order valence-electron chi connectivity index (χ4n) is 4.14. The van der Waals surface area contributed by atoms with Crippen LogP contribution >= 0.6 is 23.2 Å². The van der Waals surface area contributed by atoms with Gasteiger partial charge in [-0.15, -0.1) is 0 Å². The Balaban J connectivity index is 1.79. The van der Waals surface area contributed by atoms with E-state index in [9.17, 15) is 18.9 Å². The minimum atomic E-state index is -3.09. The lowest BCUT2D eigenvalue weighted by atomic mass is 9.83. The molecule has 6 nitrogen and oxygen atoms in total. The second-order valence-electron chi connectivity index (χ2n) is 7.63. The van der Waals surface area contributed by atoms with Crippen molar-refractivity contribution in [2.75, 3.05) is 26.2 Å². The van der Waals surface area contributed by atoms with Crippen LogP contribution in [0.4, 0.5) is 8.78 Å². The van der Waals surface area contributed by atoms with E-state index in [0.717, 1.165) is 0 Å². The van der Waals surface area contributed by atoms with Gasteiger partial charge in [-0.25, -0.2) is 0 Å². The second kappa shape index (κ2) is 9.00. The summed E-state index contributed by atoms with van der Waals surface area (Å²) in [6.45, 7) is 1.29. The van der Waals surface area contributed by atoms with Crippen molar-refractivity contribution in [3.63, 3.8) is 0 Å². The minimum absolute atomic E-state index is 0.0107. The Morgan fingerprint density at radius 2 is 2.03 bits per heavy atom. The number of nitrogens with zero attached hydrogens (tertiary/aromatic N) is 2. The normalized spacial score (nSPS) is 19.4. The molecule has 2 aromatic rings. The molecular formula is C20H21BCl2F2N2O4. The molecule has 2 aliphatic rings. The summed E-state index contributed by atoms with van der Waals surface area (Å²) in [4.78, 5) is 4.11. The summed E-state index contributed by atoms with van der Waals surface area (Å²) in [7, 11) is -0.572. The maximum absolute atomic E-state index is 13.2. The third-order valence-corrected chi connectivity index (χ3v) is 6.35. The Hall–Kier alpha value is -1.78. The van der Waals surface area contributed by atoms with E-state index in [0.29, 0.717) is 44.1 Å². The summed E-state index contributed by atoms with van der Waals surface area (Å²) in [6.07, 6.45) is 0. The van der Waals surface area contributed by atoms with Crippen molar-refractivity contribution >= 4 is 30.3 Å². The number of hydrogen-bond acceptors (Lipinski definition) is 6. The third kappa shape index (κ3) is 4.43. The van der Waals surface area contributed by atoms with Gasteiger partial charge in [0.2, 0.25) is 0 Å². The number of aromatic hydroxyl groups is 1. The Bertz CT molecular complexity index is 962. The van der Waals surface area contributed by atoms with Crippen LogP contribution in [0.25, 0.3) is 11.1 Å². The summed E-state index contributed by atoms with van der Waals surface area (Å²) in [5.74, 6) is -0.0606. The number of alkyl halides is 2. The van der Waals surface area contributed by atoms with Crippen LogP contribution in [0, 0.1) is 0 Å². The second-order valence-corrected chi connectivity index (χ2v) is 8.41. The molecule has 166 valence electrons. The molecule has 11 heteroatoms. The zero-order valence-electron chi connectivity index (χ0n) is 16.7. The highest BCUT2D eigenvalue weighted by Gasteiger charge is 2.35. The van der Waals surface area contributed by atoms with Crippen molar-refractivity contribution in [3.05, 3.63) is 39.9 Å². The topological polar surface area (TPSA) is 65.4 Å². The molecule has 2 aromatic carbocycles. The van der Waals surface area contributed by atoms with Crippen LogP contribution in [0.5, 0.6) is 17.2 Å². The number of fused-ring (bicyclic) bond motifs is 2. The average molecular weight is 473 g/mol. The van der Waals surface area contributed by atoms with Gasteiger partial charge in [-0.1, -0.05) is 29.3 Å². The lowest BCUT2D eigenvalue weighted by Crippen LogP contribution is -2.57. The molecule has 0 saturated carbocycles. The Kier molecular flexibility index (Phi) is 6.51. The molecule has 4 rings (SSSR count). The van der Waals surface area contributed by atoms with E-state index in [1.54, 1.807) is 6.82 Å². The monoisotopic (exact) mass is 472 g/mol. The zero-order chi connectivity index (χ0) is 22.3. The van der Waals surface area contributed by atoms with Crippen LogP contribution in [-0.4, -0.2) is 65.8 Å². The van der Waals surface area contributed by atoms with Gasteiger partial charge in [0.25, 0.3) is 0 Å². The van der Waals surface area contributed by atoms with Crippen LogP contribution in [0.3, 0.4) is 0 Å². The molecule has 0 spiro atoms. The van der Waals surface area contributed by atoms with E-state index in [1.165, 1.54) is 24.3 Å². The predicted molar refractivity (Wildman–Crippen MR) is 115 cm³/mol. The summed E-state index contributed by atoms with van der Waals surface area (Å²) in [6, 6.07) is 5.91. The summed E-state index contributed by atoms with van der Waals surface area (Å²) in [5, 5.41) is 20.5. The number of benzene rings is 2. The maximum atomic E-state index is 13.2. The molecule has 1 fully saturated rings. The van der Waals surface area contributed by atoms with Crippen LogP contribution in [0.1, 0.15) is 5.56 Å².